The van der Waals surface area contributed by atoms with Crippen molar-refractivity contribution < 1.29 is 4.74 Å². The van der Waals surface area contributed by atoms with Gasteiger partial charge >= 0.3 is 0 Å². The quantitative estimate of drug-likeness (QED) is 0.581. The lowest BCUT2D eigenvalue weighted by Crippen LogP contribution is -2.53. The van der Waals surface area contributed by atoms with E-state index in [1.165, 1.54) is 25.7 Å². The van der Waals surface area contributed by atoms with Gasteiger partial charge in [0.05, 0.1) is 18.8 Å². The average molecular weight is 280 g/mol. The molecule has 1 fully saturated rings. The zero-order chi connectivity index (χ0) is 15.0. The fraction of sp³-hybridized carbons (Fsp3) is 0.941. The van der Waals surface area contributed by atoms with Crippen LogP contribution in [0, 0.1) is 17.2 Å². The number of unbranched alkanes of at least 4 members (excludes halogenated alkanes) is 3. The van der Waals surface area contributed by atoms with Crippen molar-refractivity contribution in [2.45, 2.75) is 90.3 Å². The number of ether oxygens (including phenoxy) is 1. The van der Waals surface area contributed by atoms with Gasteiger partial charge < -0.3 is 4.74 Å². The number of nitrogens with zero attached hydrogens (tertiary/aromatic N) is 1. The van der Waals surface area contributed by atoms with Crippen molar-refractivity contribution in [3.8, 4) is 6.07 Å². The third kappa shape index (κ3) is 5.81. The molecule has 0 aromatic heterocycles. The number of hydrogen-bond acceptors (Lipinski definition) is 3. The van der Waals surface area contributed by atoms with Gasteiger partial charge in [0.25, 0.3) is 0 Å². The lowest BCUT2D eigenvalue weighted by molar-refractivity contribution is 0.0199. The SMILES string of the molecule is CCCCCCC(C)OCC(C#N)(NC(C)C)C1CC1. The summed E-state index contributed by atoms with van der Waals surface area (Å²) >= 11 is 0. The summed E-state index contributed by atoms with van der Waals surface area (Å²) in [6, 6.07) is 2.82. The number of nitriles is 1. The summed E-state index contributed by atoms with van der Waals surface area (Å²) in [5.41, 5.74) is -0.466. The average Bonchev–Trinajstić information content (AvgIpc) is 3.24. The highest BCUT2D eigenvalue weighted by Crippen LogP contribution is 2.40. The summed E-state index contributed by atoms with van der Waals surface area (Å²) in [6.45, 7) is 9.09. The van der Waals surface area contributed by atoms with Crippen LogP contribution in [0.5, 0.6) is 0 Å². The first-order valence-corrected chi connectivity index (χ1v) is 8.34. The van der Waals surface area contributed by atoms with Gasteiger partial charge in [0, 0.05) is 6.04 Å². The van der Waals surface area contributed by atoms with Gasteiger partial charge in [-0.1, -0.05) is 32.6 Å². The molecule has 3 heteroatoms. The highest BCUT2D eigenvalue weighted by atomic mass is 16.5. The van der Waals surface area contributed by atoms with Gasteiger partial charge in [-0.15, -0.1) is 0 Å². The second kappa shape index (κ2) is 8.64. The van der Waals surface area contributed by atoms with E-state index in [-0.39, 0.29) is 6.10 Å². The molecular formula is C17H32N2O. The lowest BCUT2D eigenvalue weighted by Gasteiger charge is -2.31. The predicted molar refractivity (Wildman–Crippen MR) is 83.5 cm³/mol. The Morgan fingerprint density at radius 3 is 2.45 bits per heavy atom. The molecule has 0 heterocycles. The molecule has 1 aliphatic rings. The number of rotatable bonds is 11. The second-order valence-corrected chi connectivity index (χ2v) is 6.63. The third-order valence-corrected chi connectivity index (χ3v) is 4.08. The minimum atomic E-state index is -0.466. The van der Waals surface area contributed by atoms with E-state index >= 15 is 0 Å². The second-order valence-electron chi connectivity index (χ2n) is 6.63. The summed E-state index contributed by atoms with van der Waals surface area (Å²) in [4.78, 5) is 0. The van der Waals surface area contributed by atoms with Crippen LogP contribution in [-0.2, 0) is 4.74 Å². The van der Waals surface area contributed by atoms with Crippen LogP contribution in [0.4, 0.5) is 0 Å². The summed E-state index contributed by atoms with van der Waals surface area (Å²) < 4.78 is 6.00. The van der Waals surface area contributed by atoms with Crippen LogP contribution in [0.25, 0.3) is 0 Å². The molecule has 2 unspecified atom stereocenters. The molecule has 0 amide bonds. The van der Waals surface area contributed by atoms with E-state index in [0.29, 0.717) is 18.6 Å². The maximum Gasteiger partial charge on any atom is 0.133 e. The molecule has 1 N–H and O–H groups in total. The van der Waals surface area contributed by atoms with E-state index in [1.807, 2.05) is 0 Å². The van der Waals surface area contributed by atoms with Crippen molar-refractivity contribution in [3.05, 3.63) is 0 Å². The minimum absolute atomic E-state index is 0.257. The molecule has 1 saturated carbocycles. The summed E-state index contributed by atoms with van der Waals surface area (Å²) in [5, 5.41) is 13.1. The molecule has 2 atom stereocenters. The normalized spacial score (nSPS) is 19.6. The van der Waals surface area contributed by atoms with Gasteiger partial charge in [0.2, 0.25) is 0 Å². The molecule has 1 aliphatic carbocycles. The zero-order valence-corrected chi connectivity index (χ0v) is 13.7. The molecule has 1 rings (SSSR count). The van der Waals surface area contributed by atoms with E-state index in [1.54, 1.807) is 0 Å². The van der Waals surface area contributed by atoms with Crippen molar-refractivity contribution in [1.82, 2.24) is 5.32 Å². The van der Waals surface area contributed by atoms with Crippen molar-refractivity contribution in [2.24, 2.45) is 5.92 Å². The third-order valence-electron chi connectivity index (χ3n) is 4.08. The highest BCUT2D eigenvalue weighted by Gasteiger charge is 2.46. The Kier molecular flexibility index (Phi) is 7.55. The molecule has 3 nitrogen and oxygen atoms in total. The molecule has 0 aromatic carbocycles. The Hall–Kier alpha value is -0.590. The van der Waals surface area contributed by atoms with Gasteiger partial charge in [-0.05, 0) is 46.0 Å². The van der Waals surface area contributed by atoms with Crippen molar-refractivity contribution in [1.29, 1.82) is 5.26 Å². The fourth-order valence-corrected chi connectivity index (χ4v) is 2.74. The van der Waals surface area contributed by atoms with Gasteiger partial charge in [0.1, 0.15) is 5.54 Å². The molecule has 0 aliphatic heterocycles. The van der Waals surface area contributed by atoms with E-state index in [0.717, 1.165) is 19.3 Å². The van der Waals surface area contributed by atoms with Gasteiger partial charge in [-0.25, -0.2) is 0 Å². The van der Waals surface area contributed by atoms with Crippen molar-refractivity contribution in [2.75, 3.05) is 6.61 Å². The Bertz CT molecular complexity index is 307. The standard InChI is InChI=1S/C17H32N2O/c1-5-6-7-8-9-15(4)20-13-17(12-18,16-10-11-16)19-14(2)3/h14-16,19H,5-11,13H2,1-4H3. The zero-order valence-electron chi connectivity index (χ0n) is 13.7. The Labute approximate surface area is 125 Å². The summed E-state index contributed by atoms with van der Waals surface area (Å²) in [6.07, 6.45) is 8.78. The molecule has 0 spiro atoms. The maximum atomic E-state index is 9.60. The van der Waals surface area contributed by atoms with Crippen LogP contribution in [0.2, 0.25) is 0 Å². The van der Waals surface area contributed by atoms with E-state index in [4.69, 9.17) is 4.74 Å². The van der Waals surface area contributed by atoms with E-state index < -0.39 is 5.54 Å². The largest absolute Gasteiger partial charge is 0.375 e. The molecular weight excluding hydrogens is 248 g/mol. The van der Waals surface area contributed by atoms with E-state index in [9.17, 15) is 5.26 Å². The summed E-state index contributed by atoms with van der Waals surface area (Å²) in [5.74, 6) is 0.474. The molecule has 0 radical (unpaired) electrons. The highest BCUT2D eigenvalue weighted by molar-refractivity contribution is 5.16. The van der Waals surface area contributed by atoms with Gasteiger partial charge in [-0.3, -0.25) is 5.32 Å². The molecule has 0 saturated heterocycles. The van der Waals surface area contributed by atoms with Crippen LogP contribution in [-0.4, -0.2) is 24.3 Å². The van der Waals surface area contributed by atoms with Gasteiger partial charge in [0.15, 0.2) is 0 Å². The molecule has 116 valence electrons. The Balaban J connectivity index is 2.36. The van der Waals surface area contributed by atoms with Crippen LogP contribution >= 0.6 is 0 Å². The molecule has 0 bridgehead atoms. The molecule has 0 aromatic rings. The van der Waals surface area contributed by atoms with Crippen molar-refractivity contribution in [3.63, 3.8) is 0 Å². The monoisotopic (exact) mass is 280 g/mol. The first-order chi connectivity index (χ1) is 9.54. The topological polar surface area (TPSA) is 45.0 Å². The number of hydrogen-bond donors (Lipinski definition) is 1. The number of nitrogens with one attached hydrogen (secondary N) is 1. The van der Waals surface area contributed by atoms with Crippen LogP contribution in [0.3, 0.4) is 0 Å². The Morgan fingerprint density at radius 1 is 1.25 bits per heavy atom. The van der Waals surface area contributed by atoms with E-state index in [2.05, 4.69) is 39.1 Å². The first kappa shape index (κ1) is 17.5. The maximum absolute atomic E-state index is 9.60. The minimum Gasteiger partial charge on any atom is -0.375 e. The van der Waals surface area contributed by atoms with Crippen LogP contribution < -0.4 is 5.32 Å². The fourth-order valence-electron chi connectivity index (χ4n) is 2.74. The molecule has 20 heavy (non-hydrogen) atoms. The van der Waals surface area contributed by atoms with Gasteiger partial charge in [-0.2, -0.15) is 5.26 Å². The van der Waals surface area contributed by atoms with Crippen LogP contribution in [0.1, 0.15) is 72.6 Å². The van der Waals surface area contributed by atoms with Crippen molar-refractivity contribution >= 4 is 0 Å². The summed E-state index contributed by atoms with van der Waals surface area (Å²) in [7, 11) is 0. The smallest absolute Gasteiger partial charge is 0.133 e. The van der Waals surface area contributed by atoms with Crippen LogP contribution in [0.15, 0.2) is 0 Å². The Morgan fingerprint density at radius 2 is 1.95 bits per heavy atom. The first-order valence-electron chi connectivity index (χ1n) is 8.34. The predicted octanol–water partition coefficient (Wildman–Crippen LogP) is 4.03. The lowest BCUT2D eigenvalue weighted by atomic mass is 9.95.